The van der Waals surface area contributed by atoms with Gasteiger partial charge in [0.2, 0.25) is 5.78 Å². The molecule has 0 amide bonds. The molecule has 5 heteroatoms. The molecular formula is C12H14Br2O3. The van der Waals surface area contributed by atoms with E-state index in [9.17, 15) is 9.59 Å². The molecule has 0 bridgehead atoms. The van der Waals surface area contributed by atoms with Gasteiger partial charge in [0.05, 0.1) is 7.11 Å². The second-order valence-electron chi connectivity index (χ2n) is 3.75. The normalized spacial score (nSPS) is 17.6. The summed E-state index contributed by atoms with van der Waals surface area (Å²) in [6, 6.07) is 0. The average Bonchev–Trinajstić information content (AvgIpc) is 2.32. The van der Waals surface area contributed by atoms with E-state index < -0.39 is 0 Å². The van der Waals surface area contributed by atoms with Gasteiger partial charge in [0.1, 0.15) is 0 Å². The number of rotatable bonds is 6. The Balaban J connectivity index is 2.51. The van der Waals surface area contributed by atoms with Crippen LogP contribution in [0.4, 0.5) is 0 Å². The molecule has 0 saturated heterocycles. The van der Waals surface area contributed by atoms with Crippen LogP contribution in [0.15, 0.2) is 23.5 Å². The maximum absolute atomic E-state index is 11.7. The molecule has 1 rings (SSSR count). The highest BCUT2D eigenvalue weighted by Gasteiger charge is 2.20. The molecule has 1 unspecified atom stereocenters. The fraction of sp³-hybridized carbons (Fsp3) is 0.500. The Morgan fingerprint density at radius 2 is 2.00 bits per heavy atom. The van der Waals surface area contributed by atoms with Crippen LogP contribution in [0, 0.1) is 0 Å². The van der Waals surface area contributed by atoms with Crippen LogP contribution in [0.25, 0.3) is 0 Å². The van der Waals surface area contributed by atoms with Crippen molar-refractivity contribution in [3.05, 3.63) is 23.5 Å². The molecular weight excluding hydrogens is 352 g/mol. The van der Waals surface area contributed by atoms with Gasteiger partial charge in [-0.15, -0.1) is 0 Å². The number of hydrogen-bond donors (Lipinski definition) is 0. The summed E-state index contributed by atoms with van der Waals surface area (Å²) < 4.78 is 4.81. The number of halogens is 2. The number of hydrogen-bond acceptors (Lipinski definition) is 3. The summed E-state index contributed by atoms with van der Waals surface area (Å²) in [5.41, 5.74) is 0.574. The van der Waals surface area contributed by atoms with E-state index in [1.165, 1.54) is 19.3 Å². The quantitative estimate of drug-likeness (QED) is 0.537. The summed E-state index contributed by atoms with van der Waals surface area (Å²) in [5, 5.41) is 0.882. The Bertz CT molecular complexity index is 372. The summed E-state index contributed by atoms with van der Waals surface area (Å²) in [6.07, 6.45) is 5.13. The zero-order valence-electron chi connectivity index (χ0n) is 9.54. The number of ether oxygens (including phenoxy) is 1. The largest absolute Gasteiger partial charge is 0.493 e. The Morgan fingerprint density at radius 3 is 2.59 bits per heavy atom. The summed E-state index contributed by atoms with van der Waals surface area (Å²) in [5.74, 6) is -0.220. The van der Waals surface area contributed by atoms with Crippen LogP contribution >= 0.6 is 31.9 Å². The van der Waals surface area contributed by atoms with Crippen molar-refractivity contribution in [3.8, 4) is 0 Å². The third kappa shape index (κ3) is 4.39. The number of methoxy groups -OCH3 is 1. The van der Waals surface area contributed by atoms with Gasteiger partial charge >= 0.3 is 0 Å². The van der Waals surface area contributed by atoms with E-state index in [1.54, 1.807) is 0 Å². The Kier molecular flexibility index (Phi) is 6.12. The summed E-state index contributed by atoms with van der Waals surface area (Å²) in [4.78, 5) is 23.6. The van der Waals surface area contributed by atoms with Crippen LogP contribution in [0.5, 0.6) is 0 Å². The molecule has 0 aromatic heterocycles. The molecule has 0 aromatic carbocycles. The number of carbonyl (C=O) groups is 2. The van der Waals surface area contributed by atoms with Crippen LogP contribution in [-0.4, -0.2) is 28.8 Å². The first-order valence-corrected chi connectivity index (χ1v) is 7.37. The van der Waals surface area contributed by atoms with Crippen LogP contribution in [-0.2, 0) is 14.3 Å². The predicted octanol–water partition coefficient (Wildman–Crippen LogP) is 2.92. The third-order valence-corrected chi connectivity index (χ3v) is 4.91. The first kappa shape index (κ1) is 14.6. The van der Waals surface area contributed by atoms with Crippen molar-refractivity contribution in [1.29, 1.82) is 0 Å². The van der Waals surface area contributed by atoms with Crippen molar-refractivity contribution in [3.63, 3.8) is 0 Å². The molecule has 0 saturated carbocycles. The van der Waals surface area contributed by atoms with Gasteiger partial charge in [-0.25, -0.2) is 0 Å². The molecule has 0 spiro atoms. The zero-order valence-corrected chi connectivity index (χ0v) is 12.7. The Labute approximate surface area is 118 Å². The Hall–Kier alpha value is -0.420. The predicted molar refractivity (Wildman–Crippen MR) is 73.5 cm³/mol. The van der Waals surface area contributed by atoms with Gasteiger partial charge in [-0.1, -0.05) is 31.9 Å². The maximum atomic E-state index is 11.7. The van der Waals surface area contributed by atoms with Gasteiger partial charge in [0, 0.05) is 21.8 Å². The van der Waals surface area contributed by atoms with E-state index in [2.05, 4.69) is 31.9 Å². The molecule has 0 heterocycles. The number of carbonyl (C=O) groups excluding carboxylic acids is 2. The number of ketones is 2. The smallest absolute Gasteiger partial charge is 0.220 e. The highest BCUT2D eigenvalue weighted by molar-refractivity contribution is 9.12. The maximum Gasteiger partial charge on any atom is 0.220 e. The van der Waals surface area contributed by atoms with Crippen molar-refractivity contribution in [1.82, 2.24) is 0 Å². The van der Waals surface area contributed by atoms with Crippen LogP contribution in [0.2, 0.25) is 0 Å². The van der Waals surface area contributed by atoms with E-state index in [0.29, 0.717) is 16.8 Å². The molecule has 0 N–H and O–H groups in total. The van der Waals surface area contributed by atoms with Crippen molar-refractivity contribution < 1.29 is 14.3 Å². The van der Waals surface area contributed by atoms with E-state index in [-0.39, 0.29) is 17.3 Å². The minimum absolute atomic E-state index is 0.119. The monoisotopic (exact) mass is 364 g/mol. The summed E-state index contributed by atoms with van der Waals surface area (Å²) >= 11 is 6.87. The van der Waals surface area contributed by atoms with Gasteiger partial charge in [0.15, 0.2) is 11.5 Å². The van der Waals surface area contributed by atoms with Crippen molar-refractivity contribution in [2.45, 2.75) is 24.1 Å². The van der Waals surface area contributed by atoms with Gasteiger partial charge in [0.25, 0.3) is 0 Å². The molecule has 94 valence electrons. The topological polar surface area (TPSA) is 43.4 Å². The van der Waals surface area contributed by atoms with Gasteiger partial charge in [-0.05, 0) is 25.3 Å². The number of allylic oxidation sites excluding steroid dienone is 3. The highest BCUT2D eigenvalue weighted by atomic mass is 79.9. The molecule has 0 aromatic rings. The van der Waals surface area contributed by atoms with Crippen molar-refractivity contribution in [2.24, 2.45) is 0 Å². The number of alkyl halides is 2. The molecule has 3 nitrogen and oxygen atoms in total. The minimum Gasteiger partial charge on any atom is -0.493 e. The molecule has 1 aliphatic carbocycles. The molecule has 0 aliphatic heterocycles. The average molecular weight is 366 g/mol. The van der Waals surface area contributed by atoms with Crippen molar-refractivity contribution in [2.75, 3.05) is 12.4 Å². The SMILES string of the molecule is COC1=CC(=O)C(CCCC(Br)CBr)=CC1=O. The lowest BCUT2D eigenvalue weighted by Crippen LogP contribution is -2.14. The fourth-order valence-electron chi connectivity index (χ4n) is 1.53. The second-order valence-corrected chi connectivity index (χ2v) is 5.70. The van der Waals surface area contributed by atoms with E-state index >= 15 is 0 Å². The molecule has 17 heavy (non-hydrogen) atoms. The van der Waals surface area contributed by atoms with E-state index in [1.807, 2.05) is 0 Å². The lowest BCUT2D eigenvalue weighted by atomic mass is 9.97. The second kappa shape index (κ2) is 7.11. The molecule has 0 fully saturated rings. The first-order chi connectivity index (χ1) is 8.08. The first-order valence-electron chi connectivity index (χ1n) is 5.33. The summed E-state index contributed by atoms with van der Waals surface area (Å²) in [6.45, 7) is 0. The molecule has 0 radical (unpaired) electrons. The fourth-order valence-corrected chi connectivity index (χ4v) is 2.18. The summed E-state index contributed by atoms with van der Waals surface area (Å²) in [7, 11) is 1.39. The van der Waals surface area contributed by atoms with Crippen LogP contribution in [0.1, 0.15) is 19.3 Å². The lowest BCUT2D eigenvalue weighted by molar-refractivity contribution is -0.117. The molecule has 1 atom stereocenters. The molecule has 1 aliphatic rings. The van der Waals surface area contributed by atoms with Gasteiger partial charge in [-0.3, -0.25) is 9.59 Å². The van der Waals surface area contributed by atoms with Crippen LogP contribution < -0.4 is 0 Å². The highest BCUT2D eigenvalue weighted by Crippen LogP contribution is 2.20. The standard InChI is InChI=1S/C12H14Br2O3/c1-17-12-6-10(15)8(5-11(12)16)3-2-4-9(14)7-13/h5-6,9H,2-4,7H2,1H3. The van der Waals surface area contributed by atoms with E-state index in [0.717, 1.165) is 18.2 Å². The minimum atomic E-state index is -0.224. The third-order valence-electron chi connectivity index (χ3n) is 2.48. The van der Waals surface area contributed by atoms with E-state index in [4.69, 9.17) is 4.74 Å². The van der Waals surface area contributed by atoms with Gasteiger partial charge < -0.3 is 4.74 Å². The van der Waals surface area contributed by atoms with Crippen LogP contribution in [0.3, 0.4) is 0 Å². The lowest BCUT2D eigenvalue weighted by Gasteiger charge is -2.11. The zero-order chi connectivity index (χ0) is 12.8. The Morgan fingerprint density at radius 1 is 1.29 bits per heavy atom. The van der Waals surface area contributed by atoms with Crippen molar-refractivity contribution >= 4 is 43.4 Å². The van der Waals surface area contributed by atoms with Gasteiger partial charge in [-0.2, -0.15) is 0 Å².